The normalized spacial score (nSPS) is 14.0. The van der Waals surface area contributed by atoms with Gasteiger partial charge in [-0.05, 0) is 55.5 Å². The summed E-state index contributed by atoms with van der Waals surface area (Å²) >= 11 is 0. The third-order valence-electron chi connectivity index (χ3n) is 6.10. The highest BCUT2D eigenvalue weighted by molar-refractivity contribution is 5.98. The highest BCUT2D eigenvalue weighted by atomic mass is 19.2. The highest BCUT2D eigenvalue weighted by Crippen LogP contribution is 2.23. The van der Waals surface area contributed by atoms with E-state index in [1.54, 1.807) is 21.9 Å². The third kappa shape index (κ3) is 3.91. The molecule has 8 heteroatoms. The van der Waals surface area contributed by atoms with E-state index in [9.17, 15) is 18.4 Å². The Balaban J connectivity index is 1.30. The summed E-state index contributed by atoms with van der Waals surface area (Å²) in [6, 6.07) is 18.5. The van der Waals surface area contributed by atoms with E-state index in [4.69, 9.17) is 0 Å². The van der Waals surface area contributed by atoms with Crippen LogP contribution in [0, 0.1) is 18.6 Å². The first-order valence-corrected chi connectivity index (χ1v) is 11.0. The number of carbonyl (C=O) groups excluding carboxylic acids is 2. The van der Waals surface area contributed by atoms with Crippen LogP contribution < -0.4 is 0 Å². The average molecular weight is 460 g/mol. The molecule has 0 spiro atoms. The molecule has 0 unspecified atom stereocenters. The molecule has 3 aromatic carbocycles. The maximum atomic E-state index is 13.5. The van der Waals surface area contributed by atoms with Gasteiger partial charge >= 0.3 is 0 Å². The Morgan fingerprint density at radius 2 is 1.35 bits per heavy atom. The molecule has 4 aromatic rings. The molecule has 34 heavy (non-hydrogen) atoms. The number of imidazole rings is 1. The van der Waals surface area contributed by atoms with Crippen LogP contribution in [0.15, 0.2) is 66.7 Å². The Morgan fingerprint density at radius 1 is 0.765 bits per heavy atom. The Hall–Kier alpha value is -4.07. The van der Waals surface area contributed by atoms with E-state index >= 15 is 0 Å². The highest BCUT2D eigenvalue weighted by Gasteiger charge is 2.26. The molecule has 2 amide bonds. The Labute approximate surface area is 195 Å². The molecule has 0 bridgehead atoms. The average Bonchev–Trinajstić information content (AvgIpc) is 3.20. The minimum Gasteiger partial charge on any atom is -0.335 e. The summed E-state index contributed by atoms with van der Waals surface area (Å²) in [5.41, 5.74) is 3.28. The largest absolute Gasteiger partial charge is 0.335 e. The monoisotopic (exact) mass is 460 g/mol. The van der Waals surface area contributed by atoms with E-state index in [1.807, 2.05) is 47.9 Å². The molecule has 0 N–H and O–H groups in total. The standard InChI is InChI=1S/C26H22F2N4O2/c1-17-29-23-16-19(8-10-24(23)32(17)20-5-3-2-4-6-20)26(34)31-13-11-30(12-14-31)25(33)18-7-9-21(27)22(28)15-18/h2-10,15-16H,11-14H2,1H3. The molecule has 0 radical (unpaired) electrons. The van der Waals surface area contributed by atoms with Crippen molar-refractivity contribution < 1.29 is 18.4 Å². The van der Waals surface area contributed by atoms with Crippen LogP contribution in [0.3, 0.4) is 0 Å². The number of fused-ring (bicyclic) bond motifs is 1. The van der Waals surface area contributed by atoms with Gasteiger partial charge in [-0.25, -0.2) is 13.8 Å². The fourth-order valence-electron chi connectivity index (χ4n) is 4.34. The molecule has 6 nitrogen and oxygen atoms in total. The summed E-state index contributed by atoms with van der Waals surface area (Å²) in [6.45, 7) is 3.26. The van der Waals surface area contributed by atoms with Crippen molar-refractivity contribution >= 4 is 22.8 Å². The fraction of sp³-hybridized carbons (Fsp3) is 0.192. The van der Waals surface area contributed by atoms with Crippen LogP contribution >= 0.6 is 0 Å². The fourth-order valence-corrected chi connectivity index (χ4v) is 4.34. The van der Waals surface area contributed by atoms with Gasteiger partial charge in [0.15, 0.2) is 11.6 Å². The predicted octanol–water partition coefficient (Wildman–Crippen LogP) is 4.21. The minimum atomic E-state index is -1.06. The van der Waals surface area contributed by atoms with Crippen LogP contribution in [-0.4, -0.2) is 57.3 Å². The van der Waals surface area contributed by atoms with Gasteiger partial charge in [0, 0.05) is 43.0 Å². The molecule has 172 valence electrons. The zero-order valence-electron chi connectivity index (χ0n) is 18.5. The summed E-state index contributed by atoms with van der Waals surface area (Å²) < 4.78 is 28.7. The molecular weight excluding hydrogens is 438 g/mol. The lowest BCUT2D eigenvalue weighted by Gasteiger charge is -2.35. The molecule has 1 saturated heterocycles. The summed E-state index contributed by atoms with van der Waals surface area (Å²) in [4.78, 5) is 33.6. The maximum Gasteiger partial charge on any atom is 0.254 e. The van der Waals surface area contributed by atoms with Gasteiger partial charge in [-0.2, -0.15) is 0 Å². The van der Waals surface area contributed by atoms with Gasteiger partial charge in [0.2, 0.25) is 0 Å². The van der Waals surface area contributed by atoms with E-state index in [1.165, 1.54) is 6.07 Å². The number of amides is 2. The minimum absolute atomic E-state index is 0.0912. The smallest absolute Gasteiger partial charge is 0.254 e. The van der Waals surface area contributed by atoms with E-state index in [0.29, 0.717) is 31.7 Å². The van der Waals surface area contributed by atoms with E-state index in [2.05, 4.69) is 4.98 Å². The molecule has 2 heterocycles. The van der Waals surface area contributed by atoms with Crippen molar-refractivity contribution in [1.82, 2.24) is 19.4 Å². The van der Waals surface area contributed by atoms with Crippen molar-refractivity contribution in [3.8, 4) is 5.69 Å². The van der Waals surface area contributed by atoms with Gasteiger partial charge in [-0.1, -0.05) is 18.2 Å². The number of para-hydroxylation sites is 1. The quantitative estimate of drug-likeness (QED) is 0.460. The van der Waals surface area contributed by atoms with Gasteiger partial charge in [0.1, 0.15) is 5.82 Å². The van der Waals surface area contributed by atoms with Crippen molar-refractivity contribution in [2.24, 2.45) is 0 Å². The Bertz CT molecular complexity index is 1390. The number of nitrogens with zero attached hydrogens (tertiary/aromatic N) is 4. The van der Waals surface area contributed by atoms with E-state index < -0.39 is 11.6 Å². The second kappa shape index (κ2) is 8.70. The van der Waals surface area contributed by atoms with Crippen molar-refractivity contribution in [3.63, 3.8) is 0 Å². The SMILES string of the molecule is Cc1nc2cc(C(=O)N3CCN(C(=O)c4ccc(F)c(F)c4)CC3)ccc2n1-c1ccccc1. The van der Waals surface area contributed by atoms with Crippen molar-refractivity contribution in [3.05, 3.63) is 95.3 Å². The van der Waals surface area contributed by atoms with Crippen LogP contribution in [-0.2, 0) is 0 Å². The molecule has 0 aliphatic carbocycles. The second-order valence-electron chi connectivity index (χ2n) is 8.25. The summed E-state index contributed by atoms with van der Waals surface area (Å²) in [7, 11) is 0. The molecule has 1 aliphatic heterocycles. The van der Waals surface area contributed by atoms with Gasteiger partial charge in [0.05, 0.1) is 11.0 Å². The maximum absolute atomic E-state index is 13.5. The molecule has 1 aromatic heterocycles. The molecule has 1 aliphatic rings. The van der Waals surface area contributed by atoms with Crippen molar-refractivity contribution in [2.75, 3.05) is 26.2 Å². The second-order valence-corrected chi connectivity index (χ2v) is 8.25. The zero-order valence-corrected chi connectivity index (χ0v) is 18.5. The van der Waals surface area contributed by atoms with Crippen LogP contribution in [0.25, 0.3) is 16.7 Å². The van der Waals surface area contributed by atoms with Crippen molar-refractivity contribution in [1.29, 1.82) is 0 Å². The van der Waals surface area contributed by atoms with Gasteiger partial charge in [-0.3, -0.25) is 14.2 Å². The topological polar surface area (TPSA) is 58.4 Å². The molecular formula is C26H22F2N4O2. The van der Waals surface area contributed by atoms with Crippen LogP contribution in [0.1, 0.15) is 26.5 Å². The number of benzene rings is 3. The number of halogens is 2. The predicted molar refractivity (Wildman–Crippen MR) is 124 cm³/mol. The summed E-state index contributed by atoms with van der Waals surface area (Å²) in [5.74, 6) is -1.73. The van der Waals surface area contributed by atoms with Crippen molar-refractivity contribution in [2.45, 2.75) is 6.92 Å². The molecule has 0 saturated carbocycles. The number of rotatable bonds is 3. The van der Waals surface area contributed by atoms with E-state index in [-0.39, 0.29) is 17.4 Å². The zero-order chi connectivity index (χ0) is 23.8. The van der Waals surface area contributed by atoms with E-state index in [0.717, 1.165) is 34.7 Å². The summed E-state index contributed by atoms with van der Waals surface area (Å²) in [6.07, 6.45) is 0. The number of aryl methyl sites for hydroxylation is 1. The first-order valence-electron chi connectivity index (χ1n) is 11.0. The molecule has 5 rings (SSSR count). The first-order chi connectivity index (χ1) is 16.4. The number of aromatic nitrogens is 2. The molecule has 0 atom stereocenters. The van der Waals surface area contributed by atoms with Gasteiger partial charge < -0.3 is 9.80 Å². The first kappa shape index (κ1) is 21.8. The number of carbonyl (C=O) groups is 2. The lowest BCUT2D eigenvalue weighted by molar-refractivity contribution is 0.0535. The Morgan fingerprint density at radius 3 is 1.97 bits per heavy atom. The van der Waals surface area contributed by atoms with Crippen LogP contribution in [0.4, 0.5) is 8.78 Å². The lowest BCUT2D eigenvalue weighted by atomic mass is 10.1. The number of hydrogen-bond acceptors (Lipinski definition) is 3. The van der Waals surface area contributed by atoms with Gasteiger partial charge in [-0.15, -0.1) is 0 Å². The van der Waals surface area contributed by atoms with Crippen LogP contribution in [0.2, 0.25) is 0 Å². The van der Waals surface area contributed by atoms with Gasteiger partial charge in [0.25, 0.3) is 11.8 Å². The lowest BCUT2D eigenvalue weighted by Crippen LogP contribution is -2.50. The number of piperazine rings is 1. The summed E-state index contributed by atoms with van der Waals surface area (Å²) in [5, 5.41) is 0. The number of hydrogen-bond donors (Lipinski definition) is 0. The molecule has 1 fully saturated rings. The van der Waals surface area contributed by atoms with Crippen LogP contribution in [0.5, 0.6) is 0 Å². The third-order valence-corrected chi connectivity index (χ3v) is 6.10. The Kier molecular flexibility index (Phi) is 5.57.